The summed E-state index contributed by atoms with van der Waals surface area (Å²) in [6.45, 7) is 0. The number of nitro groups is 1. The van der Waals surface area contributed by atoms with Gasteiger partial charge < -0.3 is 14.6 Å². The van der Waals surface area contributed by atoms with Gasteiger partial charge in [0.05, 0.1) is 24.2 Å². The van der Waals surface area contributed by atoms with Crippen molar-refractivity contribution in [2.75, 3.05) is 7.11 Å². The van der Waals surface area contributed by atoms with Crippen LogP contribution < -0.4 is 9.47 Å². The van der Waals surface area contributed by atoms with Crippen molar-refractivity contribution in [2.45, 2.75) is 31.5 Å². The van der Waals surface area contributed by atoms with E-state index in [1.165, 1.54) is 25.3 Å². The van der Waals surface area contributed by atoms with Crippen molar-refractivity contribution in [1.29, 1.82) is 0 Å². The van der Waals surface area contributed by atoms with Crippen molar-refractivity contribution < 1.29 is 19.5 Å². The van der Waals surface area contributed by atoms with E-state index in [1.807, 2.05) is 0 Å². The molecule has 1 aliphatic carbocycles. The van der Waals surface area contributed by atoms with Gasteiger partial charge in [-0.05, 0) is 25.3 Å². The monoisotopic (exact) mass is 253 g/mol. The van der Waals surface area contributed by atoms with E-state index in [-0.39, 0.29) is 11.8 Å². The second-order valence-electron chi connectivity index (χ2n) is 4.25. The third kappa shape index (κ3) is 2.53. The number of benzene rings is 1. The van der Waals surface area contributed by atoms with Crippen LogP contribution in [0, 0.1) is 10.1 Å². The van der Waals surface area contributed by atoms with Crippen molar-refractivity contribution in [3.8, 4) is 11.5 Å². The molecule has 18 heavy (non-hydrogen) atoms. The maximum absolute atomic E-state index is 10.7. The van der Waals surface area contributed by atoms with Crippen molar-refractivity contribution in [1.82, 2.24) is 0 Å². The van der Waals surface area contributed by atoms with Crippen molar-refractivity contribution >= 4 is 5.69 Å². The molecule has 0 spiro atoms. The van der Waals surface area contributed by atoms with Gasteiger partial charge in [-0.1, -0.05) is 0 Å². The van der Waals surface area contributed by atoms with Gasteiger partial charge in [-0.25, -0.2) is 0 Å². The maximum atomic E-state index is 10.7. The van der Waals surface area contributed by atoms with Crippen LogP contribution in [0.3, 0.4) is 0 Å². The number of hydrogen-bond donors (Lipinski definition) is 1. The molecule has 1 aliphatic rings. The van der Waals surface area contributed by atoms with Crippen LogP contribution in [0.5, 0.6) is 11.5 Å². The van der Waals surface area contributed by atoms with Gasteiger partial charge in [-0.3, -0.25) is 10.1 Å². The average Bonchev–Trinajstić information content (AvgIpc) is 2.75. The van der Waals surface area contributed by atoms with Crippen LogP contribution in [0.2, 0.25) is 0 Å². The smallest absolute Gasteiger partial charge is 0.273 e. The maximum Gasteiger partial charge on any atom is 0.273 e. The summed E-state index contributed by atoms with van der Waals surface area (Å²) in [6.07, 6.45) is 1.49. The number of ether oxygens (including phenoxy) is 2. The van der Waals surface area contributed by atoms with Gasteiger partial charge >= 0.3 is 0 Å². The van der Waals surface area contributed by atoms with Gasteiger partial charge in [0, 0.05) is 6.07 Å². The summed E-state index contributed by atoms with van der Waals surface area (Å²) in [7, 11) is 1.47. The fourth-order valence-corrected chi connectivity index (χ4v) is 2.08. The third-order valence-corrected chi connectivity index (χ3v) is 3.05. The Kier molecular flexibility index (Phi) is 3.66. The molecule has 1 aromatic rings. The van der Waals surface area contributed by atoms with Crippen LogP contribution >= 0.6 is 0 Å². The Labute approximate surface area is 104 Å². The first-order valence-electron chi connectivity index (χ1n) is 5.79. The normalized spacial score (nSPS) is 22.8. The first kappa shape index (κ1) is 12.6. The number of non-ortho nitro benzene ring substituents is 1. The van der Waals surface area contributed by atoms with Gasteiger partial charge in [0.1, 0.15) is 6.10 Å². The summed E-state index contributed by atoms with van der Waals surface area (Å²) >= 11 is 0. The zero-order valence-corrected chi connectivity index (χ0v) is 10.0. The average molecular weight is 253 g/mol. The topological polar surface area (TPSA) is 81.8 Å². The lowest BCUT2D eigenvalue weighted by molar-refractivity contribution is -0.385. The highest BCUT2D eigenvalue weighted by atomic mass is 16.6. The summed E-state index contributed by atoms with van der Waals surface area (Å²) < 4.78 is 10.7. The molecule has 0 aliphatic heterocycles. The van der Waals surface area contributed by atoms with Gasteiger partial charge in [0.15, 0.2) is 11.5 Å². The van der Waals surface area contributed by atoms with E-state index in [9.17, 15) is 15.2 Å². The molecule has 6 heteroatoms. The quantitative estimate of drug-likeness (QED) is 0.654. The molecule has 0 aromatic heterocycles. The Morgan fingerprint density at radius 2 is 2.17 bits per heavy atom. The van der Waals surface area contributed by atoms with E-state index in [2.05, 4.69) is 0 Å². The molecule has 6 nitrogen and oxygen atoms in total. The van der Waals surface area contributed by atoms with E-state index in [1.54, 1.807) is 0 Å². The van der Waals surface area contributed by atoms with Crippen LogP contribution in [-0.2, 0) is 0 Å². The van der Waals surface area contributed by atoms with E-state index in [4.69, 9.17) is 9.47 Å². The molecular formula is C12H15NO5. The molecule has 1 N–H and O–H groups in total. The second kappa shape index (κ2) is 5.22. The number of methoxy groups -OCH3 is 1. The number of rotatable bonds is 4. The number of aliphatic hydroxyl groups excluding tert-OH is 1. The van der Waals surface area contributed by atoms with Crippen LogP contribution in [-0.4, -0.2) is 29.3 Å². The summed E-state index contributed by atoms with van der Waals surface area (Å²) in [5, 5.41) is 20.4. The highest BCUT2D eigenvalue weighted by Crippen LogP contribution is 2.34. The molecule has 1 aromatic carbocycles. The van der Waals surface area contributed by atoms with Crippen molar-refractivity contribution in [3.63, 3.8) is 0 Å². The molecule has 2 rings (SSSR count). The Balaban J connectivity index is 2.23. The summed E-state index contributed by atoms with van der Waals surface area (Å²) in [4.78, 5) is 10.2. The third-order valence-electron chi connectivity index (χ3n) is 3.05. The Bertz CT molecular complexity index is 448. The fourth-order valence-electron chi connectivity index (χ4n) is 2.08. The second-order valence-corrected chi connectivity index (χ2v) is 4.25. The number of nitrogens with zero attached hydrogens (tertiary/aromatic N) is 1. The van der Waals surface area contributed by atoms with Crippen molar-refractivity contribution in [3.05, 3.63) is 28.3 Å². The minimum Gasteiger partial charge on any atom is -0.493 e. The van der Waals surface area contributed by atoms with Gasteiger partial charge in [0.25, 0.3) is 5.69 Å². The van der Waals surface area contributed by atoms with Crippen LogP contribution in [0.4, 0.5) is 5.69 Å². The molecule has 1 fully saturated rings. The Hall–Kier alpha value is -1.82. The molecule has 0 unspecified atom stereocenters. The minimum atomic E-state index is -0.519. The number of aliphatic hydroxyl groups is 1. The number of nitro benzene ring substituents is 1. The van der Waals surface area contributed by atoms with E-state index in [0.29, 0.717) is 17.9 Å². The molecule has 0 saturated heterocycles. The molecule has 98 valence electrons. The molecule has 0 bridgehead atoms. The van der Waals surface area contributed by atoms with E-state index >= 15 is 0 Å². The zero-order chi connectivity index (χ0) is 13.1. The first-order valence-corrected chi connectivity index (χ1v) is 5.79. The Morgan fingerprint density at radius 3 is 2.72 bits per heavy atom. The van der Waals surface area contributed by atoms with Gasteiger partial charge in [-0.2, -0.15) is 0 Å². The Morgan fingerprint density at radius 1 is 1.39 bits per heavy atom. The highest BCUT2D eigenvalue weighted by Gasteiger charge is 2.28. The molecule has 0 amide bonds. The minimum absolute atomic E-state index is 0.0571. The summed E-state index contributed by atoms with van der Waals surface area (Å²) in [5.41, 5.74) is -0.0571. The van der Waals surface area contributed by atoms with E-state index in [0.717, 1.165) is 12.8 Å². The van der Waals surface area contributed by atoms with Gasteiger partial charge in [0.2, 0.25) is 0 Å². The van der Waals surface area contributed by atoms with Gasteiger partial charge in [-0.15, -0.1) is 0 Å². The SMILES string of the molecule is COc1ccc([N+](=O)[O-])cc1O[C@H]1CCC[C@@H]1O. The van der Waals surface area contributed by atoms with Crippen LogP contribution in [0.1, 0.15) is 19.3 Å². The number of hydrogen-bond acceptors (Lipinski definition) is 5. The lowest BCUT2D eigenvalue weighted by Crippen LogP contribution is -2.25. The lowest BCUT2D eigenvalue weighted by atomic mass is 10.2. The fraction of sp³-hybridized carbons (Fsp3) is 0.500. The first-order chi connectivity index (χ1) is 8.61. The highest BCUT2D eigenvalue weighted by molar-refractivity contribution is 5.48. The molecular weight excluding hydrogens is 238 g/mol. The van der Waals surface area contributed by atoms with Crippen molar-refractivity contribution in [2.24, 2.45) is 0 Å². The summed E-state index contributed by atoms with van der Waals surface area (Å²) in [6, 6.07) is 4.18. The lowest BCUT2D eigenvalue weighted by Gasteiger charge is -2.18. The standard InChI is InChI=1S/C12H15NO5/c1-17-11-6-5-8(13(15)16)7-12(11)18-10-4-2-3-9(10)14/h5-7,9-10,14H,2-4H2,1H3/t9-,10-/m0/s1. The van der Waals surface area contributed by atoms with E-state index < -0.39 is 11.0 Å². The molecule has 0 heterocycles. The summed E-state index contributed by atoms with van der Waals surface area (Å²) in [5.74, 6) is 0.734. The molecule has 0 radical (unpaired) electrons. The molecule has 1 saturated carbocycles. The predicted octanol–water partition coefficient (Wildman–Crippen LogP) is 1.90. The zero-order valence-electron chi connectivity index (χ0n) is 10.0. The van der Waals surface area contributed by atoms with Crippen LogP contribution in [0.15, 0.2) is 18.2 Å². The predicted molar refractivity (Wildman–Crippen MR) is 63.9 cm³/mol. The van der Waals surface area contributed by atoms with Crippen LogP contribution in [0.25, 0.3) is 0 Å². The molecule has 2 atom stereocenters. The largest absolute Gasteiger partial charge is 0.493 e.